The van der Waals surface area contributed by atoms with Gasteiger partial charge in [-0.25, -0.2) is 22.4 Å². The lowest BCUT2D eigenvalue weighted by Gasteiger charge is -2.31. The molecule has 0 bridgehead atoms. The molecule has 1 aromatic carbocycles. The van der Waals surface area contributed by atoms with Crippen molar-refractivity contribution >= 4 is 6.09 Å². The lowest BCUT2D eigenvalue weighted by Crippen LogP contribution is -2.49. The molecule has 0 radical (unpaired) electrons. The number of carbonyl (C=O) groups is 1. The van der Waals surface area contributed by atoms with Crippen molar-refractivity contribution < 1.29 is 27.1 Å². The fourth-order valence-electron chi connectivity index (χ4n) is 1.58. The summed E-state index contributed by atoms with van der Waals surface area (Å²) in [6.07, 6.45) is -1.05. The Morgan fingerprint density at radius 3 is 2.41 bits per heavy atom. The molecule has 1 atom stereocenters. The van der Waals surface area contributed by atoms with Gasteiger partial charge in [-0.2, -0.15) is 0 Å². The molecule has 92 valence electrons. The van der Waals surface area contributed by atoms with Crippen LogP contribution in [0, 0.1) is 11.6 Å². The summed E-state index contributed by atoms with van der Waals surface area (Å²) in [5.41, 5.74) is -0.343. The largest absolute Gasteiger partial charge is 0.443 e. The molecular weight excluding hydrogens is 242 g/mol. The minimum Gasteiger partial charge on any atom is -0.443 e. The van der Waals surface area contributed by atoms with E-state index < -0.39 is 36.3 Å². The first-order chi connectivity index (χ1) is 7.88. The third-order valence-electron chi connectivity index (χ3n) is 2.30. The van der Waals surface area contributed by atoms with Gasteiger partial charge < -0.3 is 10.1 Å². The number of alkyl carbamates (subject to hydrolysis) is 1. The first-order valence-corrected chi connectivity index (χ1v) is 4.65. The highest BCUT2D eigenvalue weighted by molar-refractivity contribution is 5.69. The van der Waals surface area contributed by atoms with Crippen LogP contribution < -0.4 is 5.32 Å². The number of rotatable bonds is 1. The highest BCUT2D eigenvalue weighted by atomic mass is 19.3. The SMILES string of the molecule is O=C1N[C@@H](c2cc(F)cc(F)c2)C(F)(F)CO1. The zero-order valence-electron chi connectivity index (χ0n) is 8.34. The van der Waals surface area contributed by atoms with Crippen molar-refractivity contribution in [3.8, 4) is 0 Å². The molecule has 3 nitrogen and oxygen atoms in total. The minimum atomic E-state index is -3.42. The molecular formula is C10H7F4NO2. The molecule has 0 spiro atoms. The van der Waals surface area contributed by atoms with Gasteiger partial charge >= 0.3 is 12.0 Å². The molecule has 1 aromatic rings. The number of hydrogen-bond donors (Lipinski definition) is 1. The monoisotopic (exact) mass is 249 g/mol. The van der Waals surface area contributed by atoms with Crippen molar-refractivity contribution in [3.63, 3.8) is 0 Å². The summed E-state index contributed by atoms with van der Waals surface area (Å²) in [6.45, 7) is -1.12. The van der Waals surface area contributed by atoms with Crippen LogP contribution in [0.4, 0.5) is 22.4 Å². The van der Waals surface area contributed by atoms with Crippen molar-refractivity contribution in [3.05, 3.63) is 35.4 Å². The number of hydrogen-bond acceptors (Lipinski definition) is 2. The summed E-state index contributed by atoms with van der Waals surface area (Å²) in [6, 6.07) is 0.248. The Bertz CT molecular complexity index is 443. The van der Waals surface area contributed by atoms with E-state index >= 15 is 0 Å². The van der Waals surface area contributed by atoms with Crippen molar-refractivity contribution in [2.24, 2.45) is 0 Å². The van der Waals surface area contributed by atoms with Gasteiger partial charge in [-0.3, -0.25) is 0 Å². The number of amides is 1. The van der Waals surface area contributed by atoms with Gasteiger partial charge in [0.05, 0.1) is 0 Å². The second-order valence-electron chi connectivity index (χ2n) is 3.62. The van der Waals surface area contributed by atoms with Crippen LogP contribution in [0.1, 0.15) is 11.6 Å². The van der Waals surface area contributed by atoms with E-state index in [-0.39, 0.29) is 5.56 Å². The van der Waals surface area contributed by atoms with Gasteiger partial charge in [0, 0.05) is 6.07 Å². The smallest absolute Gasteiger partial charge is 0.408 e. The molecule has 0 aromatic heterocycles. The van der Waals surface area contributed by atoms with Crippen LogP contribution in [-0.4, -0.2) is 18.6 Å². The van der Waals surface area contributed by atoms with E-state index in [0.717, 1.165) is 12.1 Å². The molecule has 1 aliphatic rings. The second-order valence-corrected chi connectivity index (χ2v) is 3.62. The first kappa shape index (κ1) is 11.7. The van der Waals surface area contributed by atoms with Gasteiger partial charge in [0.15, 0.2) is 6.61 Å². The molecule has 0 saturated carbocycles. The fraction of sp³-hybridized carbons (Fsp3) is 0.300. The van der Waals surface area contributed by atoms with Crippen molar-refractivity contribution in [1.82, 2.24) is 5.32 Å². The summed E-state index contributed by atoms with van der Waals surface area (Å²) in [4.78, 5) is 10.9. The highest BCUT2D eigenvalue weighted by Crippen LogP contribution is 2.34. The van der Waals surface area contributed by atoms with Crippen LogP contribution >= 0.6 is 0 Å². The Kier molecular flexibility index (Phi) is 2.68. The normalized spacial score (nSPS) is 22.8. The van der Waals surface area contributed by atoms with Crippen LogP contribution in [-0.2, 0) is 4.74 Å². The second kappa shape index (κ2) is 3.90. The van der Waals surface area contributed by atoms with E-state index in [4.69, 9.17) is 0 Å². The molecule has 1 fully saturated rings. The Labute approximate surface area is 93.4 Å². The van der Waals surface area contributed by atoms with Gasteiger partial charge in [0.25, 0.3) is 0 Å². The molecule has 7 heteroatoms. The first-order valence-electron chi connectivity index (χ1n) is 4.65. The Morgan fingerprint density at radius 2 is 1.82 bits per heavy atom. The molecule has 17 heavy (non-hydrogen) atoms. The van der Waals surface area contributed by atoms with Crippen molar-refractivity contribution in [1.29, 1.82) is 0 Å². The summed E-state index contributed by atoms with van der Waals surface area (Å²) in [5.74, 6) is -5.40. The van der Waals surface area contributed by atoms with E-state index in [9.17, 15) is 22.4 Å². The summed E-state index contributed by atoms with van der Waals surface area (Å²) in [7, 11) is 0. The zero-order valence-corrected chi connectivity index (χ0v) is 8.34. The maximum atomic E-state index is 13.4. The molecule has 1 aliphatic heterocycles. The van der Waals surface area contributed by atoms with Gasteiger partial charge in [0.1, 0.15) is 17.7 Å². The third kappa shape index (κ3) is 2.32. The van der Waals surface area contributed by atoms with Crippen LogP contribution in [0.2, 0.25) is 0 Å². The average molecular weight is 249 g/mol. The molecule has 0 aliphatic carbocycles. The summed E-state index contributed by atoms with van der Waals surface area (Å²) in [5, 5.41) is 1.83. The number of halogens is 4. The van der Waals surface area contributed by atoms with E-state index in [0.29, 0.717) is 6.07 Å². The van der Waals surface area contributed by atoms with Gasteiger partial charge in [-0.15, -0.1) is 0 Å². The van der Waals surface area contributed by atoms with Crippen LogP contribution in [0.15, 0.2) is 18.2 Å². The summed E-state index contributed by atoms with van der Waals surface area (Å²) >= 11 is 0. The van der Waals surface area contributed by atoms with Crippen molar-refractivity contribution in [2.75, 3.05) is 6.61 Å². The molecule has 2 rings (SSSR count). The number of carbonyl (C=O) groups excluding carboxylic acids is 1. The number of ether oxygens (including phenoxy) is 1. The van der Waals surface area contributed by atoms with Gasteiger partial charge in [-0.05, 0) is 17.7 Å². The van der Waals surface area contributed by atoms with Crippen LogP contribution in [0.5, 0.6) is 0 Å². The van der Waals surface area contributed by atoms with E-state index in [2.05, 4.69) is 4.74 Å². The molecule has 1 heterocycles. The van der Waals surface area contributed by atoms with Gasteiger partial charge in [0.2, 0.25) is 0 Å². The zero-order chi connectivity index (χ0) is 12.6. The maximum absolute atomic E-state index is 13.4. The van der Waals surface area contributed by atoms with Gasteiger partial charge in [-0.1, -0.05) is 0 Å². The third-order valence-corrected chi connectivity index (χ3v) is 2.30. The Morgan fingerprint density at radius 1 is 1.24 bits per heavy atom. The molecule has 1 saturated heterocycles. The van der Waals surface area contributed by atoms with Crippen molar-refractivity contribution in [2.45, 2.75) is 12.0 Å². The fourth-order valence-corrected chi connectivity index (χ4v) is 1.58. The number of alkyl halides is 2. The lowest BCUT2D eigenvalue weighted by molar-refractivity contribution is -0.104. The quantitative estimate of drug-likeness (QED) is 0.776. The molecule has 1 N–H and O–H groups in total. The molecule has 1 amide bonds. The van der Waals surface area contributed by atoms with Crippen LogP contribution in [0.25, 0.3) is 0 Å². The average Bonchev–Trinajstić information content (AvgIpc) is 2.20. The topological polar surface area (TPSA) is 38.3 Å². The van der Waals surface area contributed by atoms with Crippen LogP contribution in [0.3, 0.4) is 0 Å². The predicted molar refractivity (Wildman–Crippen MR) is 48.5 cm³/mol. The Balaban J connectivity index is 2.39. The predicted octanol–water partition coefficient (Wildman–Crippen LogP) is 2.38. The minimum absolute atomic E-state index is 0.343. The summed E-state index contributed by atoms with van der Waals surface area (Å²) < 4.78 is 56.7. The Hall–Kier alpha value is -1.79. The highest BCUT2D eigenvalue weighted by Gasteiger charge is 2.47. The lowest BCUT2D eigenvalue weighted by atomic mass is 10.00. The maximum Gasteiger partial charge on any atom is 0.408 e. The number of cyclic esters (lactones) is 1. The molecule has 0 unspecified atom stereocenters. The van der Waals surface area contributed by atoms with E-state index in [1.807, 2.05) is 5.32 Å². The van der Waals surface area contributed by atoms with E-state index in [1.54, 1.807) is 0 Å². The van der Waals surface area contributed by atoms with E-state index in [1.165, 1.54) is 0 Å². The number of nitrogens with one attached hydrogen (secondary N) is 1. The number of benzene rings is 1. The standard InChI is InChI=1S/C10H7F4NO2/c11-6-1-5(2-7(12)3-6)8-10(13,14)4-17-9(16)15-8/h1-3,8H,4H2,(H,15,16)/t8-/m0/s1.